The van der Waals surface area contributed by atoms with Crippen LogP contribution >= 0.6 is 11.3 Å². The number of aryl methyl sites for hydroxylation is 1. The zero-order valence-corrected chi connectivity index (χ0v) is 15.1. The normalized spacial score (nSPS) is 18.2. The Morgan fingerprint density at radius 1 is 1.12 bits per heavy atom. The summed E-state index contributed by atoms with van der Waals surface area (Å²) in [5.74, 6) is 0.978. The second-order valence-electron chi connectivity index (χ2n) is 6.72. The molecule has 0 amide bonds. The van der Waals surface area contributed by atoms with Gasteiger partial charge in [0.1, 0.15) is 5.01 Å². The summed E-state index contributed by atoms with van der Waals surface area (Å²) in [5, 5.41) is 14.8. The molecule has 1 aromatic carbocycles. The summed E-state index contributed by atoms with van der Waals surface area (Å²) in [6.07, 6.45) is 4.18. The quantitative estimate of drug-likeness (QED) is 0.731. The molecule has 0 saturated carbocycles. The van der Waals surface area contributed by atoms with Gasteiger partial charge in [0.05, 0.1) is 5.41 Å². The van der Waals surface area contributed by atoms with Crippen molar-refractivity contribution in [2.45, 2.75) is 38.0 Å². The summed E-state index contributed by atoms with van der Waals surface area (Å²) in [6.45, 7) is 4.35. The number of nitrogens with zero attached hydrogens (tertiary/aromatic N) is 5. The van der Waals surface area contributed by atoms with E-state index < -0.39 is 0 Å². The number of rotatable bonds is 4. The lowest BCUT2D eigenvalue weighted by Crippen LogP contribution is -2.41. The molecule has 1 aliphatic heterocycles. The Balaban J connectivity index is 1.82. The summed E-state index contributed by atoms with van der Waals surface area (Å²) >= 11 is 1.71. The molecule has 4 rings (SSSR count). The Morgan fingerprint density at radius 3 is 2.58 bits per heavy atom. The van der Waals surface area contributed by atoms with E-state index in [1.807, 2.05) is 4.52 Å². The largest absolute Gasteiger partial charge is 0.306 e. The summed E-state index contributed by atoms with van der Waals surface area (Å²) in [6, 6.07) is 10.9. The number of benzene rings is 1. The van der Waals surface area contributed by atoms with Crippen LogP contribution in [-0.2, 0) is 11.8 Å². The Morgan fingerprint density at radius 2 is 1.88 bits per heavy atom. The number of fused-ring (bicyclic) bond motifs is 1. The van der Waals surface area contributed by atoms with Gasteiger partial charge in [0.25, 0.3) is 0 Å². The third-order valence-corrected chi connectivity index (χ3v) is 6.21. The fraction of sp³-hybridized carbons (Fsp3) is 0.500. The molecule has 0 N–H and O–H groups in total. The van der Waals surface area contributed by atoms with E-state index >= 15 is 0 Å². The van der Waals surface area contributed by atoms with E-state index in [0.29, 0.717) is 0 Å². The van der Waals surface area contributed by atoms with Crippen molar-refractivity contribution in [2.24, 2.45) is 0 Å². The number of aromatic nitrogens is 4. The van der Waals surface area contributed by atoms with E-state index in [0.717, 1.165) is 49.6 Å². The highest BCUT2D eigenvalue weighted by Crippen LogP contribution is 2.43. The van der Waals surface area contributed by atoms with Gasteiger partial charge in [-0.05, 0) is 45.0 Å². The minimum Gasteiger partial charge on any atom is -0.306 e. The average Bonchev–Trinajstić information content (AvgIpc) is 3.19. The molecular weight excluding hydrogens is 318 g/mol. The predicted molar refractivity (Wildman–Crippen MR) is 96.6 cm³/mol. The van der Waals surface area contributed by atoms with Crippen LogP contribution < -0.4 is 0 Å². The first-order chi connectivity index (χ1) is 11.7. The molecule has 126 valence electrons. The fourth-order valence-corrected chi connectivity index (χ4v) is 4.74. The standard InChI is InChI=1S/C18H23N5S/c1-3-7-15-19-20-17-23(15)21-16(24-17)18(10-12-22(2)13-11-18)14-8-5-4-6-9-14/h4-6,8-9H,3,7,10-13H2,1-2H3. The van der Waals surface area contributed by atoms with Crippen molar-refractivity contribution in [1.82, 2.24) is 24.7 Å². The zero-order chi connectivity index (χ0) is 16.6. The minimum atomic E-state index is 0.00260. The lowest BCUT2D eigenvalue weighted by Gasteiger charge is -2.39. The summed E-state index contributed by atoms with van der Waals surface area (Å²) < 4.78 is 1.96. The Labute approximate surface area is 146 Å². The molecule has 0 radical (unpaired) electrons. The fourth-order valence-electron chi connectivity index (χ4n) is 3.61. The molecule has 1 saturated heterocycles. The maximum Gasteiger partial charge on any atom is 0.234 e. The molecule has 3 aromatic rings. The highest BCUT2D eigenvalue weighted by molar-refractivity contribution is 7.16. The molecule has 24 heavy (non-hydrogen) atoms. The van der Waals surface area contributed by atoms with Crippen LogP contribution in [0.25, 0.3) is 4.96 Å². The second-order valence-corrected chi connectivity index (χ2v) is 7.68. The first-order valence-electron chi connectivity index (χ1n) is 8.68. The molecule has 0 bridgehead atoms. The van der Waals surface area contributed by atoms with E-state index in [4.69, 9.17) is 5.10 Å². The molecule has 0 aliphatic carbocycles. The van der Waals surface area contributed by atoms with Crippen LogP contribution in [0.3, 0.4) is 0 Å². The summed E-state index contributed by atoms with van der Waals surface area (Å²) in [4.78, 5) is 3.33. The van der Waals surface area contributed by atoms with E-state index in [1.165, 1.54) is 10.6 Å². The van der Waals surface area contributed by atoms with Gasteiger partial charge < -0.3 is 4.90 Å². The first kappa shape index (κ1) is 15.7. The maximum atomic E-state index is 4.98. The van der Waals surface area contributed by atoms with Gasteiger partial charge in [-0.2, -0.15) is 9.61 Å². The molecule has 0 unspecified atom stereocenters. The number of piperidine rings is 1. The van der Waals surface area contributed by atoms with Gasteiger partial charge in [-0.15, -0.1) is 10.2 Å². The van der Waals surface area contributed by atoms with Crippen LogP contribution in [0.2, 0.25) is 0 Å². The third kappa shape index (κ3) is 2.54. The van der Waals surface area contributed by atoms with Crippen molar-refractivity contribution >= 4 is 16.3 Å². The SMILES string of the molecule is CCCc1nnc2sc(C3(c4ccccc4)CCN(C)CC3)nn12. The van der Waals surface area contributed by atoms with E-state index in [2.05, 4.69) is 59.4 Å². The summed E-state index contributed by atoms with van der Waals surface area (Å²) in [5.41, 5.74) is 1.38. The lowest BCUT2D eigenvalue weighted by atomic mass is 9.73. The van der Waals surface area contributed by atoms with Gasteiger partial charge in [-0.25, -0.2) is 0 Å². The highest BCUT2D eigenvalue weighted by atomic mass is 32.1. The molecule has 0 atom stereocenters. The van der Waals surface area contributed by atoms with Crippen molar-refractivity contribution in [3.05, 3.63) is 46.7 Å². The monoisotopic (exact) mass is 341 g/mol. The van der Waals surface area contributed by atoms with E-state index in [9.17, 15) is 0 Å². The molecule has 1 aliphatic rings. The molecular formula is C18H23N5S. The molecule has 2 aromatic heterocycles. The molecule has 3 heterocycles. The first-order valence-corrected chi connectivity index (χ1v) is 9.50. The van der Waals surface area contributed by atoms with Crippen LogP contribution in [0, 0.1) is 0 Å². The topological polar surface area (TPSA) is 46.3 Å². The van der Waals surface area contributed by atoms with Crippen molar-refractivity contribution < 1.29 is 0 Å². The van der Waals surface area contributed by atoms with Gasteiger partial charge in [0.15, 0.2) is 5.82 Å². The van der Waals surface area contributed by atoms with Gasteiger partial charge >= 0.3 is 0 Å². The van der Waals surface area contributed by atoms with Gasteiger partial charge in [0, 0.05) is 6.42 Å². The third-order valence-electron chi connectivity index (χ3n) is 5.11. The van der Waals surface area contributed by atoms with Crippen LogP contribution in [0.4, 0.5) is 0 Å². The number of hydrogen-bond donors (Lipinski definition) is 0. The van der Waals surface area contributed by atoms with Crippen LogP contribution in [0.1, 0.15) is 42.6 Å². The van der Waals surface area contributed by atoms with Crippen LogP contribution in [0.15, 0.2) is 30.3 Å². The van der Waals surface area contributed by atoms with Gasteiger partial charge in [0.2, 0.25) is 4.96 Å². The van der Waals surface area contributed by atoms with Crippen LogP contribution in [0.5, 0.6) is 0 Å². The van der Waals surface area contributed by atoms with Crippen molar-refractivity contribution in [3.8, 4) is 0 Å². The minimum absolute atomic E-state index is 0.00260. The predicted octanol–water partition coefficient (Wildman–Crippen LogP) is 3.15. The Bertz CT molecular complexity index is 814. The lowest BCUT2D eigenvalue weighted by molar-refractivity contribution is 0.212. The molecule has 0 spiro atoms. The maximum absolute atomic E-state index is 4.98. The van der Waals surface area contributed by atoms with Gasteiger partial charge in [-0.1, -0.05) is 48.6 Å². The Hall–Kier alpha value is -1.79. The number of hydrogen-bond acceptors (Lipinski definition) is 5. The van der Waals surface area contributed by atoms with Crippen LogP contribution in [-0.4, -0.2) is 44.8 Å². The molecule has 5 nitrogen and oxygen atoms in total. The van der Waals surface area contributed by atoms with Crippen molar-refractivity contribution in [3.63, 3.8) is 0 Å². The number of likely N-dealkylation sites (tertiary alicyclic amines) is 1. The van der Waals surface area contributed by atoms with Crippen molar-refractivity contribution in [2.75, 3.05) is 20.1 Å². The summed E-state index contributed by atoms with van der Waals surface area (Å²) in [7, 11) is 2.20. The smallest absolute Gasteiger partial charge is 0.234 e. The van der Waals surface area contributed by atoms with E-state index in [1.54, 1.807) is 11.3 Å². The van der Waals surface area contributed by atoms with Crippen molar-refractivity contribution in [1.29, 1.82) is 0 Å². The van der Waals surface area contributed by atoms with E-state index in [-0.39, 0.29) is 5.41 Å². The molecule has 6 heteroatoms. The highest BCUT2D eigenvalue weighted by Gasteiger charge is 2.40. The van der Waals surface area contributed by atoms with Gasteiger partial charge in [-0.3, -0.25) is 0 Å². The molecule has 1 fully saturated rings. The average molecular weight is 341 g/mol. The Kier molecular flexibility index (Phi) is 4.10. The zero-order valence-electron chi connectivity index (χ0n) is 14.3. The second kappa shape index (κ2) is 6.26.